The standard InChI is InChI=1S/C15H24N4O4S/c1-11(20)17-14-8-16-18-15(14)12-4-2-6-19(9-12)24(21,22)10-13-5-3-7-23-13/h8,12-13H,2-7,9-10H2,1H3,(H,16,18)(H,17,20). The molecule has 0 saturated carbocycles. The van der Waals surface area contributed by atoms with Gasteiger partial charge in [0.25, 0.3) is 0 Å². The average molecular weight is 356 g/mol. The van der Waals surface area contributed by atoms with Crippen molar-refractivity contribution in [2.45, 2.75) is 44.6 Å². The van der Waals surface area contributed by atoms with Crippen molar-refractivity contribution in [3.8, 4) is 0 Å². The number of hydrogen-bond acceptors (Lipinski definition) is 5. The quantitative estimate of drug-likeness (QED) is 0.821. The lowest BCUT2D eigenvalue weighted by Crippen LogP contribution is -2.42. The molecule has 2 fully saturated rings. The second-order valence-electron chi connectivity index (χ2n) is 6.49. The minimum absolute atomic E-state index is 0.00220. The van der Waals surface area contributed by atoms with E-state index < -0.39 is 10.0 Å². The maximum absolute atomic E-state index is 12.7. The fraction of sp³-hybridized carbons (Fsp3) is 0.733. The fourth-order valence-electron chi connectivity index (χ4n) is 3.44. The molecule has 0 aliphatic carbocycles. The largest absolute Gasteiger partial charge is 0.377 e. The molecule has 0 spiro atoms. The van der Waals surface area contributed by atoms with Gasteiger partial charge in [-0.1, -0.05) is 0 Å². The summed E-state index contributed by atoms with van der Waals surface area (Å²) in [4.78, 5) is 11.3. The van der Waals surface area contributed by atoms with Crippen LogP contribution in [0, 0.1) is 0 Å². The Morgan fingerprint density at radius 1 is 1.46 bits per heavy atom. The van der Waals surface area contributed by atoms with Gasteiger partial charge in [0.15, 0.2) is 0 Å². The summed E-state index contributed by atoms with van der Waals surface area (Å²) in [5.74, 6) is -0.111. The first-order valence-electron chi connectivity index (χ1n) is 8.36. The van der Waals surface area contributed by atoms with Crippen LogP contribution in [-0.2, 0) is 19.6 Å². The topological polar surface area (TPSA) is 104 Å². The molecule has 0 aromatic carbocycles. The Hall–Kier alpha value is -1.45. The molecule has 0 bridgehead atoms. The molecule has 3 heterocycles. The lowest BCUT2D eigenvalue weighted by atomic mass is 9.95. The number of anilines is 1. The lowest BCUT2D eigenvalue weighted by molar-refractivity contribution is -0.114. The predicted octanol–water partition coefficient (Wildman–Crippen LogP) is 1.06. The van der Waals surface area contributed by atoms with E-state index in [2.05, 4.69) is 15.5 Å². The minimum atomic E-state index is -3.34. The van der Waals surface area contributed by atoms with Gasteiger partial charge in [-0.3, -0.25) is 9.89 Å². The van der Waals surface area contributed by atoms with Gasteiger partial charge in [0.05, 0.1) is 29.4 Å². The molecule has 9 heteroatoms. The Labute approximate surface area is 142 Å². The highest BCUT2D eigenvalue weighted by atomic mass is 32.2. The summed E-state index contributed by atoms with van der Waals surface area (Å²) in [6.07, 6.45) is 4.77. The normalized spacial score (nSPS) is 25.7. The number of aromatic nitrogens is 2. The van der Waals surface area contributed by atoms with E-state index in [1.165, 1.54) is 6.92 Å². The van der Waals surface area contributed by atoms with Crippen molar-refractivity contribution in [2.24, 2.45) is 0 Å². The SMILES string of the molecule is CC(=O)Nc1cn[nH]c1C1CCCN(S(=O)(=O)CC2CCCO2)C1. The van der Waals surface area contributed by atoms with E-state index in [0.29, 0.717) is 25.4 Å². The van der Waals surface area contributed by atoms with Crippen molar-refractivity contribution in [3.05, 3.63) is 11.9 Å². The third kappa shape index (κ3) is 3.96. The Bertz CT molecular complexity index is 681. The number of H-pyrrole nitrogens is 1. The Kier molecular flexibility index (Phi) is 5.21. The maximum Gasteiger partial charge on any atom is 0.221 e. The highest BCUT2D eigenvalue weighted by Gasteiger charge is 2.34. The molecule has 24 heavy (non-hydrogen) atoms. The van der Waals surface area contributed by atoms with Crippen LogP contribution in [0.1, 0.15) is 44.2 Å². The summed E-state index contributed by atoms with van der Waals surface area (Å²) in [6.45, 7) is 3.03. The highest BCUT2D eigenvalue weighted by Crippen LogP contribution is 2.32. The van der Waals surface area contributed by atoms with Gasteiger partial charge in [0.1, 0.15) is 0 Å². The van der Waals surface area contributed by atoms with Gasteiger partial charge in [0, 0.05) is 32.5 Å². The molecule has 2 aliphatic rings. The molecule has 1 aromatic heterocycles. The zero-order valence-electron chi connectivity index (χ0n) is 13.8. The molecular formula is C15H24N4O4S. The lowest BCUT2D eigenvalue weighted by Gasteiger charge is -2.32. The van der Waals surface area contributed by atoms with Crippen LogP contribution in [0.5, 0.6) is 0 Å². The summed E-state index contributed by atoms with van der Waals surface area (Å²) in [5.41, 5.74) is 1.42. The van der Waals surface area contributed by atoms with E-state index in [-0.39, 0.29) is 23.7 Å². The summed E-state index contributed by atoms with van der Waals surface area (Å²) in [7, 11) is -3.34. The Morgan fingerprint density at radius 3 is 3.00 bits per heavy atom. The molecule has 8 nitrogen and oxygen atoms in total. The summed E-state index contributed by atoms with van der Waals surface area (Å²) >= 11 is 0. The third-order valence-electron chi connectivity index (χ3n) is 4.59. The van der Waals surface area contributed by atoms with Crippen molar-refractivity contribution >= 4 is 21.6 Å². The van der Waals surface area contributed by atoms with E-state index in [9.17, 15) is 13.2 Å². The molecule has 0 radical (unpaired) electrons. The molecule has 2 saturated heterocycles. The van der Waals surface area contributed by atoms with Crippen molar-refractivity contribution in [1.29, 1.82) is 0 Å². The van der Waals surface area contributed by atoms with E-state index in [1.54, 1.807) is 10.5 Å². The van der Waals surface area contributed by atoms with Crippen LogP contribution in [-0.4, -0.2) is 60.4 Å². The number of piperidine rings is 1. The smallest absolute Gasteiger partial charge is 0.221 e. The second-order valence-corrected chi connectivity index (χ2v) is 8.50. The van der Waals surface area contributed by atoms with E-state index in [4.69, 9.17) is 4.74 Å². The molecule has 2 atom stereocenters. The van der Waals surface area contributed by atoms with E-state index in [0.717, 1.165) is 31.4 Å². The van der Waals surface area contributed by atoms with Crippen LogP contribution in [0.3, 0.4) is 0 Å². The van der Waals surface area contributed by atoms with Crippen molar-refractivity contribution in [1.82, 2.24) is 14.5 Å². The number of rotatable bonds is 5. The summed E-state index contributed by atoms with van der Waals surface area (Å²) in [5, 5.41) is 9.65. The number of hydrogen-bond donors (Lipinski definition) is 2. The molecule has 2 N–H and O–H groups in total. The molecule has 3 rings (SSSR count). The van der Waals surface area contributed by atoms with Crippen molar-refractivity contribution < 1.29 is 17.9 Å². The zero-order valence-corrected chi connectivity index (χ0v) is 14.6. The monoisotopic (exact) mass is 356 g/mol. The van der Waals surface area contributed by atoms with Crippen molar-refractivity contribution in [3.63, 3.8) is 0 Å². The fourth-order valence-corrected chi connectivity index (χ4v) is 5.20. The van der Waals surface area contributed by atoms with E-state index in [1.807, 2.05) is 0 Å². The highest BCUT2D eigenvalue weighted by molar-refractivity contribution is 7.89. The van der Waals surface area contributed by atoms with Crippen molar-refractivity contribution in [2.75, 3.05) is 30.8 Å². The van der Waals surface area contributed by atoms with Gasteiger partial charge in [-0.05, 0) is 25.7 Å². The zero-order chi connectivity index (χ0) is 17.2. The predicted molar refractivity (Wildman–Crippen MR) is 89.2 cm³/mol. The molecule has 1 amide bonds. The first-order valence-corrected chi connectivity index (χ1v) is 9.97. The Balaban J connectivity index is 1.70. The maximum atomic E-state index is 12.7. The van der Waals surface area contributed by atoms with E-state index >= 15 is 0 Å². The number of carbonyl (C=O) groups is 1. The van der Waals surface area contributed by atoms with Crippen LogP contribution < -0.4 is 5.32 Å². The minimum Gasteiger partial charge on any atom is -0.377 e. The van der Waals surface area contributed by atoms with Gasteiger partial charge in [-0.2, -0.15) is 5.10 Å². The first-order chi connectivity index (χ1) is 11.5. The molecule has 134 valence electrons. The number of ether oxygens (including phenoxy) is 1. The van der Waals surface area contributed by atoms with Crippen LogP contribution in [0.15, 0.2) is 6.20 Å². The van der Waals surface area contributed by atoms with Gasteiger partial charge in [-0.25, -0.2) is 12.7 Å². The van der Waals surface area contributed by atoms with Crippen LogP contribution in [0.25, 0.3) is 0 Å². The molecule has 1 aromatic rings. The van der Waals surface area contributed by atoms with Crippen LogP contribution in [0.2, 0.25) is 0 Å². The number of amides is 1. The van der Waals surface area contributed by atoms with Gasteiger partial charge >= 0.3 is 0 Å². The van der Waals surface area contributed by atoms with Gasteiger partial charge in [-0.15, -0.1) is 0 Å². The summed E-state index contributed by atoms with van der Waals surface area (Å²) < 4.78 is 32.4. The molecular weight excluding hydrogens is 332 g/mol. The van der Waals surface area contributed by atoms with Gasteiger partial charge < -0.3 is 10.1 Å². The van der Waals surface area contributed by atoms with Crippen LogP contribution in [0.4, 0.5) is 5.69 Å². The third-order valence-corrected chi connectivity index (χ3v) is 6.50. The number of carbonyl (C=O) groups excluding carboxylic acids is 1. The first kappa shape index (κ1) is 17.4. The van der Waals surface area contributed by atoms with Crippen LogP contribution >= 0.6 is 0 Å². The summed E-state index contributed by atoms with van der Waals surface area (Å²) in [6, 6.07) is 0. The number of nitrogens with zero attached hydrogens (tertiary/aromatic N) is 2. The number of sulfonamides is 1. The second kappa shape index (κ2) is 7.20. The molecule has 2 aliphatic heterocycles. The Morgan fingerprint density at radius 2 is 2.29 bits per heavy atom. The number of aromatic amines is 1. The number of nitrogens with one attached hydrogen (secondary N) is 2. The average Bonchev–Trinajstić information content (AvgIpc) is 3.18. The molecule has 2 unspecified atom stereocenters. The van der Waals surface area contributed by atoms with Gasteiger partial charge in [0.2, 0.25) is 15.9 Å².